The Morgan fingerprint density at radius 2 is 2.19 bits per heavy atom. The van der Waals surface area contributed by atoms with Crippen molar-refractivity contribution in [2.45, 2.75) is 4.90 Å². The molecule has 2 N–H and O–H groups in total. The molecule has 1 aromatic carbocycles. The smallest absolute Gasteiger partial charge is 0.172 e. The monoisotopic (exact) mass is 236 g/mol. The van der Waals surface area contributed by atoms with Gasteiger partial charge in [0.2, 0.25) is 0 Å². The molecule has 0 fully saturated rings. The maximum atomic E-state index is 5.53. The molecule has 0 amide bonds. The molecule has 0 saturated carbocycles. The van der Waals surface area contributed by atoms with Crippen molar-refractivity contribution in [3.05, 3.63) is 24.3 Å². The van der Waals surface area contributed by atoms with Gasteiger partial charge in [-0.1, -0.05) is 5.16 Å². The lowest BCUT2D eigenvalue weighted by atomic mass is 10.1. The predicted octanol–water partition coefficient (Wildman–Crippen LogP) is 2.65. The number of methoxy groups -OCH3 is 1. The number of aromatic nitrogens is 1. The maximum absolute atomic E-state index is 5.53. The van der Waals surface area contributed by atoms with Crippen molar-refractivity contribution in [1.29, 1.82) is 0 Å². The Kier molecular flexibility index (Phi) is 3.05. The van der Waals surface area contributed by atoms with E-state index in [9.17, 15) is 0 Å². The van der Waals surface area contributed by atoms with Crippen molar-refractivity contribution in [3.63, 3.8) is 0 Å². The first-order valence-corrected chi connectivity index (χ1v) is 5.91. The van der Waals surface area contributed by atoms with Crippen molar-refractivity contribution in [1.82, 2.24) is 5.16 Å². The summed E-state index contributed by atoms with van der Waals surface area (Å²) in [6.45, 7) is 0. The highest BCUT2D eigenvalue weighted by Gasteiger charge is 2.11. The van der Waals surface area contributed by atoms with E-state index < -0.39 is 0 Å². The number of nitrogens with two attached hydrogens (primary N) is 1. The van der Waals surface area contributed by atoms with E-state index in [2.05, 4.69) is 5.16 Å². The van der Waals surface area contributed by atoms with E-state index in [0.717, 1.165) is 16.2 Å². The van der Waals surface area contributed by atoms with Crippen molar-refractivity contribution in [3.8, 4) is 17.1 Å². The van der Waals surface area contributed by atoms with Gasteiger partial charge in [0.1, 0.15) is 5.75 Å². The molecule has 2 aromatic rings. The number of ether oxygens (including phenoxy) is 1. The highest BCUT2D eigenvalue weighted by molar-refractivity contribution is 7.98. The van der Waals surface area contributed by atoms with Crippen LogP contribution in [0.25, 0.3) is 11.3 Å². The Bertz CT molecular complexity index is 496. The average Bonchev–Trinajstić information content (AvgIpc) is 2.75. The molecule has 0 bridgehead atoms. The third-order valence-corrected chi connectivity index (χ3v) is 2.93. The number of nitrogen functional groups attached to an aromatic ring is 1. The summed E-state index contributed by atoms with van der Waals surface area (Å²) in [5.41, 5.74) is 6.39. The van der Waals surface area contributed by atoms with Crippen LogP contribution in [0.5, 0.6) is 5.75 Å². The number of hydrogen-bond donors (Lipinski definition) is 1. The van der Waals surface area contributed by atoms with Gasteiger partial charge in [-0.2, -0.15) is 0 Å². The first-order chi connectivity index (χ1) is 7.74. The molecule has 0 spiro atoms. The van der Waals surface area contributed by atoms with Gasteiger partial charge >= 0.3 is 0 Å². The molecule has 0 unspecified atom stereocenters. The lowest BCUT2D eigenvalue weighted by Gasteiger charge is -2.06. The summed E-state index contributed by atoms with van der Waals surface area (Å²) < 4.78 is 10.4. The van der Waals surface area contributed by atoms with E-state index in [-0.39, 0.29) is 0 Å². The van der Waals surface area contributed by atoms with Gasteiger partial charge < -0.3 is 15.0 Å². The highest BCUT2D eigenvalue weighted by Crippen LogP contribution is 2.33. The van der Waals surface area contributed by atoms with Gasteiger partial charge in [0.05, 0.1) is 12.7 Å². The van der Waals surface area contributed by atoms with Gasteiger partial charge in [-0.3, -0.25) is 0 Å². The largest absolute Gasteiger partial charge is 0.496 e. The van der Waals surface area contributed by atoms with Crippen molar-refractivity contribution in [2.24, 2.45) is 0 Å². The Labute approximate surface area is 97.8 Å². The zero-order chi connectivity index (χ0) is 11.5. The Hall–Kier alpha value is -1.62. The second-order valence-corrected chi connectivity index (χ2v) is 4.06. The van der Waals surface area contributed by atoms with Crippen molar-refractivity contribution in [2.75, 3.05) is 19.1 Å². The number of rotatable bonds is 3. The van der Waals surface area contributed by atoms with Crippen LogP contribution in [0.2, 0.25) is 0 Å². The number of hydrogen-bond acceptors (Lipinski definition) is 5. The van der Waals surface area contributed by atoms with E-state index >= 15 is 0 Å². The number of thioether (sulfide) groups is 1. The lowest BCUT2D eigenvalue weighted by Crippen LogP contribution is -1.87. The van der Waals surface area contributed by atoms with Crippen molar-refractivity contribution >= 4 is 17.6 Å². The molecule has 84 valence electrons. The van der Waals surface area contributed by atoms with Crippen LogP contribution in [0.1, 0.15) is 0 Å². The molecule has 1 aromatic heterocycles. The maximum Gasteiger partial charge on any atom is 0.172 e. The summed E-state index contributed by atoms with van der Waals surface area (Å²) in [5, 5.41) is 3.66. The van der Waals surface area contributed by atoms with Crippen LogP contribution in [0, 0.1) is 0 Å². The SMILES string of the molecule is COc1ccc(SC)cc1-c1cc(N)no1. The fourth-order valence-corrected chi connectivity index (χ4v) is 1.86. The van der Waals surface area contributed by atoms with Crippen LogP contribution in [-0.2, 0) is 0 Å². The number of nitrogens with zero attached hydrogens (tertiary/aromatic N) is 1. The van der Waals surface area contributed by atoms with E-state index in [1.165, 1.54) is 0 Å². The minimum atomic E-state index is 0.367. The summed E-state index contributed by atoms with van der Waals surface area (Å²) in [6.07, 6.45) is 2.01. The topological polar surface area (TPSA) is 61.3 Å². The minimum Gasteiger partial charge on any atom is -0.496 e. The zero-order valence-corrected chi connectivity index (χ0v) is 9.88. The molecule has 16 heavy (non-hydrogen) atoms. The summed E-state index contributed by atoms with van der Waals surface area (Å²) in [5.74, 6) is 1.73. The second-order valence-electron chi connectivity index (χ2n) is 3.18. The van der Waals surface area contributed by atoms with Crippen LogP contribution >= 0.6 is 11.8 Å². The Morgan fingerprint density at radius 3 is 2.75 bits per heavy atom. The summed E-state index contributed by atoms with van der Waals surface area (Å²) in [4.78, 5) is 1.13. The lowest BCUT2D eigenvalue weighted by molar-refractivity contribution is 0.406. The van der Waals surface area contributed by atoms with Gasteiger partial charge in [0.15, 0.2) is 11.6 Å². The van der Waals surface area contributed by atoms with Crippen LogP contribution in [0.4, 0.5) is 5.82 Å². The van der Waals surface area contributed by atoms with E-state index in [1.54, 1.807) is 24.9 Å². The molecule has 0 radical (unpaired) electrons. The average molecular weight is 236 g/mol. The number of anilines is 1. The molecule has 0 saturated heterocycles. The molecular weight excluding hydrogens is 224 g/mol. The van der Waals surface area contributed by atoms with E-state index in [0.29, 0.717) is 11.6 Å². The molecule has 0 aliphatic rings. The molecule has 0 atom stereocenters. The molecule has 5 heteroatoms. The zero-order valence-electron chi connectivity index (χ0n) is 9.06. The molecule has 0 aliphatic carbocycles. The van der Waals surface area contributed by atoms with E-state index in [4.69, 9.17) is 15.0 Å². The standard InChI is InChI=1S/C11H12N2O2S/c1-14-9-4-3-7(16-2)5-8(9)10-6-11(12)13-15-10/h3-6H,1-2H3,(H2,12,13). The normalized spacial score (nSPS) is 10.4. The highest BCUT2D eigenvalue weighted by atomic mass is 32.2. The molecule has 2 rings (SSSR count). The molecule has 1 heterocycles. The fourth-order valence-electron chi connectivity index (χ4n) is 1.42. The summed E-state index contributed by atoms with van der Waals surface area (Å²) in [6, 6.07) is 7.57. The number of benzene rings is 1. The quantitative estimate of drug-likeness (QED) is 0.830. The van der Waals surface area contributed by atoms with Gasteiger partial charge in [-0.15, -0.1) is 11.8 Å². The van der Waals surface area contributed by atoms with E-state index in [1.807, 2.05) is 24.5 Å². The minimum absolute atomic E-state index is 0.367. The summed E-state index contributed by atoms with van der Waals surface area (Å²) in [7, 11) is 1.62. The van der Waals surface area contributed by atoms with Crippen LogP contribution in [0.3, 0.4) is 0 Å². The van der Waals surface area contributed by atoms with Crippen molar-refractivity contribution < 1.29 is 9.26 Å². The third kappa shape index (κ3) is 1.99. The van der Waals surface area contributed by atoms with Gasteiger partial charge in [-0.05, 0) is 24.5 Å². The van der Waals surface area contributed by atoms with Gasteiger partial charge in [-0.25, -0.2) is 0 Å². The van der Waals surface area contributed by atoms with Crippen LogP contribution < -0.4 is 10.5 Å². The second kappa shape index (κ2) is 4.49. The first-order valence-electron chi connectivity index (χ1n) is 4.69. The van der Waals surface area contributed by atoms with Gasteiger partial charge in [0, 0.05) is 11.0 Å². The van der Waals surface area contributed by atoms with Gasteiger partial charge in [0.25, 0.3) is 0 Å². The summed E-state index contributed by atoms with van der Waals surface area (Å²) >= 11 is 1.65. The first kappa shape index (κ1) is 10.9. The predicted molar refractivity (Wildman–Crippen MR) is 64.7 cm³/mol. The fraction of sp³-hybridized carbons (Fsp3) is 0.182. The Morgan fingerprint density at radius 1 is 1.38 bits per heavy atom. The van der Waals surface area contributed by atoms with Crippen LogP contribution in [-0.4, -0.2) is 18.5 Å². The molecular formula is C11H12N2O2S. The molecule has 0 aliphatic heterocycles. The third-order valence-electron chi connectivity index (χ3n) is 2.20. The Balaban J connectivity index is 2.52. The molecule has 4 nitrogen and oxygen atoms in total. The van der Waals surface area contributed by atoms with Crippen LogP contribution in [0.15, 0.2) is 33.7 Å².